The van der Waals surface area contributed by atoms with Crippen molar-refractivity contribution < 1.29 is 4.79 Å². The minimum atomic E-state index is 0.0131. The van der Waals surface area contributed by atoms with Crippen molar-refractivity contribution in [2.45, 2.75) is 19.3 Å². The van der Waals surface area contributed by atoms with Crippen molar-refractivity contribution in [2.24, 2.45) is 0 Å². The van der Waals surface area contributed by atoms with Crippen molar-refractivity contribution in [3.63, 3.8) is 0 Å². The molecule has 1 aromatic rings. The third-order valence-corrected chi connectivity index (χ3v) is 2.00. The first-order chi connectivity index (χ1) is 7.33. The van der Waals surface area contributed by atoms with Crippen LogP contribution >= 0.6 is 0 Å². The number of hydrogen-bond acceptors (Lipinski definition) is 2. The van der Waals surface area contributed by atoms with Gasteiger partial charge in [0.1, 0.15) is 0 Å². The van der Waals surface area contributed by atoms with E-state index in [0.29, 0.717) is 19.4 Å². The van der Waals surface area contributed by atoms with E-state index in [1.54, 1.807) is 0 Å². The summed E-state index contributed by atoms with van der Waals surface area (Å²) in [6, 6.07) is 11.6. The molecule has 0 unspecified atom stereocenters. The number of carbonyl (C=O) groups is 1. The van der Waals surface area contributed by atoms with Crippen molar-refractivity contribution in [3.05, 3.63) is 35.9 Å². The van der Waals surface area contributed by atoms with Crippen LogP contribution in [0.15, 0.2) is 30.3 Å². The molecule has 1 aromatic carbocycles. The molecule has 0 spiro atoms. The number of rotatable bonds is 5. The maximum Gasteiger partial charge on any atom is 0.224 e. The minimum absolute atomic E-state index is 0.0131. The molecule has 3 heteroatoms. The minimum Gasteiger partial charge on any atom is -0.356 e. The molecule has 0 aliphatic rings. The van der Waals surface area contributed by atoms with Crippen LogP contribution in [0.25, 0.3) is 0 Å². The second kappa shape index (κ2) is 6.61. The molecular formula is C12H14N2O. The summed E-state index contributed by atoms with van der Waals surface area (Å²) in [6.45, 7) is 0.583. The molecular weight excluding hydrogens is 188 g/mol. The lowest BCUT2D eigenvalue weighted by Gasteiger charge is -2.03. The second-order valence-corrected chi connectivity index (χ2v) is 3.27. The molecule has 0 aliphatic heterocycles. The Labute approximate surface area is 89.7 Å². The van der Waals surface area contributed by atoms with Gasteiger partial charge in [-0.3, -0.25) is 4.79 Å². The van der Waals surface area contributed by atoms with Gasteiger partial charge in [-0.25, -0.2) is 0 Å². The smallest absolute Gasteiger partial charge is 0.224 e. The number of amides is 1. The van der Waals surface area contributed by atoms with Gasteiger partial charge in [0.25, 0.3) is 0 Å². The molecule has 0 radical (unpaired) electrons. The molecule has 0 bridgehead atoms. The van der Waals surface area contributed by atoms with Gasteiger partial charge in [-0.15, -0.1) is 0 Å². The first-order valence-electron chi connectivity index (χ1n) is 5.00. The third-order valence-electron chi connectivity index (χ3n) is 2.00. The van der Waals surface area contributed by atoms with Gasteiger partial charge in [0.2, 0.25) is 5.91 Å². The van der Waals surface area contributed by atoms with Crippen LogP contribution in [0.5, 0.6) is 0 Å². The van der Waals surface area contributed by atoms with Crippen LogP contribution in [0.3, 0.4) is 0 Å². The van der Waals surface area contributed by atoms with Crippen molar-refractivity contribution >= 4 is 5.91 Å². The molecule has 1 rings (SSSR count). The molecule has 0 saturated heterocycles. The molecule has 15 heavy (non-hydrogen) atoms. The predicted octanol–water partition coefficient (Wildman–Crippen LogP) is 1.65. The van der Waals surface area contributed by atoms with E-state index in [-0.39, 0.29) is 5.91 Å². The standard InChI is InChI=1S/C12H14N2O/c13-8-4-5-9-14-12(15)10-11-6-2-1-3-7-11/h1-3,6-7H,4-5,9-10H2,(H,14,15). The van der Waals surface area contributed by atoms with E-state index >= 15 is 0 Å². The maximum atomic E-state index is 11.4. The SMILES string of the molecule is N#CCCCNC(=O)Cc1ccccc1. The molecule has 0 aliphatic carbocycles. The Kier molecular flexibility index (Phi) is 4.96. The van der Waals surface area contributed by atoms with Crippen molar-refractivity contribution in [2.75, 3.05) is 6.54 Å². The summed E-state index contributed by atoms with van der Waals surface area (Å²) < 4.78 is 0. The Bertz CT molecular complexity index is 340. The van der Waals surface area contributed by atoms with E-state index < -0.39 is 0 Å². The molecule has 0 heterocycles. The van der Waals surface area contributed by atoms with Crippen molar-refractivity contribution in [3.8, 4) is 6.07 Å². The van der Waals surface area contributed by atoms with Crippen LogP contribution in [0.4, 0.5) is 0 Å². The number of unbranched alkanes of at least 4 members (excludes halogenated alkanes) is 1. The van der Waals surface area contributed by atoms with E-state index in [2.05, 4.69) is 5.32 Å². The maximum absolute atomic E-state index is 11.4. The Morgan fingerprint density at radius 2 is 2.07 bits per heavy atom. The second-order valence-electron chi connectivity index (χ2n) is 3.27. The number of nitrogens with zero attached hydrogens (tertiary/aromatic N) is 1. The first kappa shape index (κ1) is 11.3. The van der Waals surface area contributed by atoms with Crippen molar-refractivity contribution in [1.29, 1.82) is 5.26 Å². The van der Waals surface area contributed by atoms with Crippen molar-refractivity contribution in [1.82, 2.24) is 5.32 Å². The Hall–Kier alpha value is -1.82. The van der Waals surface area contributed by atoms with Crippen LogP contribution in [-0.2, 0) is 11.2 Å². The van der Waals surface area contributed by atoms with Crippen LogP contribution in [0, 0.1) is 11.3 Å². The van der Waals surface area contributed by atoms with E-state index in [1.807, 2.05) is 36.4 Å². The summed E-state index contributed by atoms with van der Waals surface area (Å²) in [5.74, 6) is 0.0131. The number of carbonyl (C=O) groups excluding carboxylic acids is 1. The fourth-order valence-electron chi connectivity index (χ4n) is 1.24. The molecule has 0 fully saturated rings. The van der Waals surface area contributed by atoms with Gasteiger partial charge in [-0.1, -0.05) is 30.3 Å². The number of hydrogen-bond donors (Lipinski definition) is 1. The fourth-order valence-corrected chi connectivity index (χ4v) is 1.24. The number of benzene rings is 1. The third kappa shape index (κ3) is 4.82. The van der Waals surface area contributed by atoms with Gasteiger partial charge in [0, 0.05) is 13.0 Å². The summed E-state index contributed by atoms with van der Waals surface area (Å²) in [5.41, 5.74) is 1.01. The van der Waals surface area contributed by atoms with Gasteiger partial charge in [0.15, 0.2) is 0 Å². The van der Waals surface area contributed by atoms with E-state index in [4.69, 9.17) is 5.26 Å². The molecule has 1 amide bonds. The summed E-state index contributed by atoms with van der Waals surface area (Å²) in [4.78, 5) is 11.4. The first-order valence-corrected chi connectivity index (χ1v) is 5.00. The summed E-state index contributed by atoms with van der Waals surface area (Å²) >= 11 is 0. The number of nitrogens with one attached hydrogen (secondary N) is 1. The van der Waals surface area contributed by atoms with Gasteiger partial charge in [-0.2, -0.15) is 5.26 Å². The zero-order chi connectivity index (χ0) is 10.9. The van der Waals surface area contributed by atoms with E-state index in [1.165, 1.54) is 0 Å². The van der Waals surface area contributed by atoms with Crippen LogP contribution in [-0.4, -0.2) is 12.5 Å². The van der Waals surface area contributed by atoms with Crippen LogP contribution in [0.2, 0.25) is 0 Å². The average Bonchev–Trinajstić information content (AvgIpc) is 2.26. The van der Waals surface area contributed by atoms with Gasteiger partial charge in [0.05, 0.1) is 12.5 Å². The highest BCUT2D eigenvalue weighted by Gasteiger charge is 2.01. The highest BCUT2D eigenvalue weighted by molar-refractivity contribution is 5.78. The van der Waals surface area contributed by atoms with Gasteiger partial charge < -0.3 is 5.32 Å². The quantitative estimate of drug-likeness (QED) is 0.738. The highest BCUT2D eigenvalue weighted by atomic mass is 16.1. The lowest BCUT2D eigenvalue weighted by atomic mass is 10.1. The summed E-state index contributed by atoms with van der Waals surface area (Å²) in [7, 11) is 0. The molecule has 1 N–H and O–H groups in total. The Morgan fingerprint density at radius 3 is 2.73 bits per heavy atom. The molecule has 0 saturated carbocycles. The molecule has 78 valence electrons. The average molecular weight is 202 g/mol. The van der Waals surface area contributed by atoms with Gasteiger partial charge >= 0.3 is 0 Å². The largest absolute Gasteiger partial charge is 0.356 e. The monoisotopic (exact) mass is 202 g/mol. The Morgan fingerprint density at radius 1 is 1.33 bits per heavy atom. The number of nitriles is 1. The topological polar surface area (TPSA) is 52.9 Å². The predicted molar refractivity (Wildman–Crippen MR) is 58.0 cm³/mol. The zero-order valence-electron chi connectivity index (χ0n) is 8.57. The summed E-state index contributed by atoms with van der Waals surface area (Å²) in [5, 5.41) is 11.1. The lowest BCUT2D eigenvalue weighted by molar-refractivity contribution is -0.120. The lowest BCUT2D eigenvalue weighted by Crippen LogP contribution is -2.25. The highest BCUT2D eigenvalue weighted by Crippen LogP contribution is 1.99. The summed E-state index contributed by atoms with van der Waals surface area (Å²) in [6.07, 6.45) is 1.62. The zero-order valence-corrected chi connectivity index (χ0v) is 8.57. The molecule has 3 nitrogen and oxygen atoms in total. The van der Waals surface area contributed by atoms with Crippen LogP contribution in [0.1, 0.15) is 18.4 Å². The Balaban J connectivity index is 2.22. The van der Waals surface area contributed by atoms with Gasteiger partial charge in [-0.05, 0) is 12.0 Å². The van der Waals surface area contributed by atoms with E-state index in [9.17, 15) is 4.79 Å². The molecule has 0 aromatic heterocycles. The normalized spacial score (nSPS) is 9.27. The van der Waals surface area contributed by atoms with E-state index in [0.717, 1.165) is 12.0 Å². The fraction of sp³-hybridized carbons (Fsp3) is 0.333. The van der Waals surface area contributed by atoms with Crippen LogP contribution < -0.4 is 5.32 Å². The molecule has 0 atom stereocenters.